The molecule has 0 saturated carbocycles. The van der Waals surface area contributed by atoms with Gasteiger partial charge in [0.05, 0.1) is 11.6 Å². The van der Waals surface area contributed by atoms with Gasteiger partial charge in [0.1, 0.15) is 11.6 Å². The highest BCUT2D eigenvalue weighted by Gasteiger charge is 2.20. The number of ether oxygens (including phenoxy) is 1. The van der Waals surface area contributed by atoms with Crippen molar-refractivity contribution < 1.29 is 19.0 Å². The second-order valence-electron chi connectivity index (χ2n) is 4.32. The van der Waals surface area contributed by atoms with Crippen LogP contribution < -0.4 is 10.1 Å². The molecule has 0 aliphatic rings. The van der Waals surface area contributed by atoms with Crippen LogP contribution in [0.15, 0.2) is 46.9 Å². The minimum atomic E-state index is -1.05. The first kappa shape index (κ1) is 15.3. The molecule has 21 heavy (non-hydrogen) atoms. The average Bonchev–Trinajstić information content (AvgIpc) is 2.48. The summed E-state index contributed by atoms with van der Waals surface area (Å²) >= 11 is 3.06. The standard InChI is InChI=1S/C15H13BrFNO3/c1-21-11-5-3-10(4-6-11)18-14(15(19)20)9-2-7-13(17)12(16)8-9/h2-8,14,18H,1H3,(H,19,20). The predicted molar refractivity (Wildman–Crippen MR) is 81.1 cm³/mol. The smallest absolute Gasteiger partial charge is 0.330 e. The van der Waals surface area contributed by atoms with Gasteiger partial charge in [-0.2, -0.15) is 0 Å². The molecule has 110 valence electrons. The molecule has 1 unspecified atom stereocenters. The maximum Gasteiger partial charge on any atom is 0.330 e. The number of halogens is 2. The van der Waals surface area contributed by atoms with Gasteiger partial charge in [0.25, 0.3) is 0 Å². The van der Waals surface area contributed by atoms with Crippen LogP contribution in [0.4, 0.5) is 10.1 Å². The van der Waals surface area contributed by atoms with Crippen LogP contribution in [-0.2, 0) is 4.79 Å². The number of aliphatic carboxylic acids is 1. The number of anilines is 1. The minimum Gasteiger partial charge on any atom is -0.497 e. The van der Waals surface area contributed by atoms with Gasteiger partial charge in [-0.1, -0.05) is 6.07 Å². The number of carboxylic acids is 1. The van der Waals surface area contributed by atoms with Crippen molar-refractivity contribution >= 4 is 27.6 Å². The summed E-state index contributed by atoms with van der Waals surface area (Å²) in [6, 6.07) is 10.0. The summed E-state index contributed by atoms with van der Waals surface area (Å²) in [5.41, 5.74) is 1.08. The van der Waals surface area contributed by atoms with Crippen molar-refractivity contribution in [1.82, 2.24) is 0 Å². The van der Waals surface area contributed by atoms with Gasteiger partial charge >= 0.3 is 5.97 Å². The van der Waals surface area contributed by atoms with E-state index in [4.69, 9.17) is 4.74 Å². The Labute approximate surface area is 129 Å². The molecule has 0 saturated heterocycles. The zero-order valence-corrected chi connectivity index (χ0v) is 12.7. The van der Waals surface area contributed by atoms with Crippen molar-refractivity contribution in [3.8, 4) is 5.75 Å². The molecule has 6 heteroatoms. The SMILES string of the molecule is COc1ccc(NC(C(=O)O)c2ccc(F)c(Br)c2)cc1. The predicted octanol–water partition coefficient (Wildman–Crippen LogP) is 3.83. The molecule has 0 aliphatic heterocycles. The number of hydrogen-bond acceptors (Lipinski definition) is 3. The Morgan fingerprint density at radius 1 is 1.29 bits per heavy atom. The lowest BCUT2D eigenvalue weighted by Gasteiger charge is -2.17. The largest absolute Gasteiger partial charge is 0.497 e. The van der Waals surface area contributed by atoms with Gasteiger partial charge in [-0.15, -0.1) is 0 Å². The van der Waals surface area contributed by atoms with E-state index in [9.17, 15) is 14.3 Å². The van der Waals surface area contributed by atoms with Crippen LogP contribution in [0.5, 0.6) is 5.75 Å². The Balaban J connectivity index is 2.26. The average molecular weight is 354 g/mol. The van der Waals surface area contributed by atoms with Gasteiger partial charge in [-0.05, 0) is 57.9 Å². The second kappa shape index (κ2) is 6.58. The monoisotopic (exact) mass is 353 g/mol. The van der Waals surface area contributed by atoms with Crippen LogP contribution in [0.1, 0.15) is 11.6 Å². The third-order valence-electron chi connectivity index (χ3n) is 2.92. The summed E-state index contributed by atoms with van der Waals surface area (Å²) in [5, 5.41) is 12.2. The van der Waals surface area contributed by atoms with Crippen molar-refractivity contribution in [2.45, 2.75) is 6.04 Å². The highest BCUT2D eigenvalue weighted by molar-refractivity contribution is 9.10. The first-order chi connectivity index (χ1) is 10.0. The first-order valence-corrected chi connectivity index (χ1v) is 6.89. The number of carboxylic acid groups (broad SMARTS) is 1. The van der Waals surface area contributed by atoms with E-state index in [1.54, 1.807) is 31.4 Å². The van der Waals surface area contributed by atoms with E-state index in [0.717, 1.165) is 0 Å². The number of hydrogen-bond donors (Lipinski definition) is 2. The van der Waals surface area contributed by atoms with E-state index in [2.05, 4.69) is 21.2 Å². The van der Waals surface area contributed by atoms with Crippen molar-refractivity contribution in [3.05, 3.63) is 58.3 Å². The molecule has 0 fully saturated rings. The number of methoxy groups -OCH3 is 1. The number of carbonyl (C=O) groups is 1. The summed E-state index contributed by atoms with van der Waals surface area (Å²) in [4.78, 5) is 11.4. The molecular formula is C15H13BrFNO3. The van der Waals surface area contributed by atoms with Gasteiger partial charge in [-0.25, -0.2) is 9.18 Å². The highest BCUT2D eigenvalue weighted by atomic mass is 79.9. The van der Waals surface area contributed by atoms with E-state index in [0.29, 0.717) is 17.0 Å². The Hall–Kier alpha value is -2.08. The molecule has 2 rings (SSSR count). The van der Waals surface area contributed by atoms with Gasteiger partial charge in [0.2, 0.25) is 0 Å². The summed E-state index contributed by atoms with van der Waals surface area (Å²) in [6.45, 7) is 0. The lowest BCUT2D eigenvalue weighted by molar-refractivity contribution is -0.138. The Morgan fingerprint density at radius 2 is 1.95 bits per heavy atom. The zero-order chi connectivity index (χ0) is 15.4. The topological polar surface area (TPSA) is 58.6 Å². The number of nitrogens with one attached hydrogen (secondary N) is 1. The van der Waals surface area contributed by atoms with E-state index in [1.165, 1.54) is 18.2 Å². The third-order valence-corrected chi connectivity index (χ3v) is 3.53. The molecule has 2 aromatic carbocycles. The fourth-order valence-electron chi connectivity index (χ4n) is 1.83. The molecule has 0 amide bonds. The van der Waals surface area contributed by atoms with Crippen molar-refractivity contribution in [2.24, 2.45) is 0 Å². The summed E-state index contributed by atoms with van der Waals surface area (Å²) in [6.07, 6.45) is 0. The first-order valence-electron chi connectivity index (χ1n) is 6.09. The molecule has 0 bridgehead atoms. The normalized spacial score (nSPS) is 11.8. The summed E-state index contributed by atoms with van der Waals surface area (Å²) in [5.74, 6) is -0.811. The zero-order valence-electron chi connectivity index (χ0n) is 11.1. The Kier molecular flexibility index (Phi) is 4.80. The Bertz CT molecular complexity index is 646. The van der Waals surface area contributed by atoms with Crippen molar-refractivity contribution in [2.75, 3.05) is 12.4 Å². The molecule has 0 aromatic heterocycles. The fraction of sp³-hybridized carbons (Fsp3) is 0.133. The lowest BCUT2D eigenvalue weighted by atomic mass is 10.1. The van der Waals surface area contributed by atoms with Crippen molar-refractivity contribution in [3.63, 3.8) is 0 Å². The van der Waals surface area contributed by atoms with E-state index >= 15 is 0 Å². The van der Waals surface area contributed by atoms with Crippen LogP contribution in [-0.4, -0.2) is 18.2 Å². The third kappa shape index (κ3) is 3.72. The van der Waals surface area contributed by atoms with Gasteiger partial charge in [0.15, 0.2) is 6.04 Å². The molecule has 0 radical (unpaired) electrons. The second-order valence-corrected chi connectivity index (χ2v) is 5.17. The highest BCUT2D eigenvalue weighted by Crippen LogP contribution is 2.25. The van der Waals surface area contributed by atoms with Crippen LogP contribution >= 0.6 is 15.9 Å². The van der Waals surface area contributed by atoms with E-state index in [1.807, 2.05) is 0 Å². The molecule has 2 N–H and O–H groups in total. The molecule has 0 aliphatic carbocycles. The number of benzene rings is 2. The minimum absolute atomic E-state index is 0.225. The van der Waals surface area contributed by atoms with Gasteiger partial charge < -0.3 is 15.2 Å². The molecule has 0 spiro atoms. The Morgan fingerprint density at radius 3 is 2.48 bits per heavy atom. The fourth-order valence-corrected chi connectivity index (χ4v) is 2.23. The van der Waals surface area contributed by atoms with E-state index in [-0.39, 0.29) is 4.47 Å². The molecule has 4 nitrogen and oxygen atoms in total. The van der Waals surface area contributed by atoms with E-state index < -0.39 is 17.8 Å². The van der Waals surface area contributed by atoms with Crippen LogP contribution in [0, 0.1) is 5.82 Å². The molecular weight excluding hydrogens is 341 g/mol. The maximum absolute atomic E-state index is 13.2. The molecule has 2 aromatic rings. The van der Waals surface area contributed by atoms with Crippen LogP contribution in [0.3, 0.4) is 0 Å². The van der Waals surface area contributed by atoms with Crippen LogP contribution in [0.2, 0.25) is 0 Å². The lowest BCUT2D eigenvalue weighted by Crippen LogP contribution is -2.20. The van der Waals surface area contributed by atoms with Crippen molar-refractivity contribution in [1.29, 1.82) is 0 Å². The summed E-state index contributed by atoms with van der Waals surface area (Å²) in [7, 11) is 1.55. The summed E-state index contributed by atoms with van der Waals surface area (Å²) < 4.78 is 18.5. The maximum atomic E-state index is 13.2. The molecule has 0 heterocycles. The van der Waals surface area contributed by atoms with Crippen LogP contribution in [0.25, 0.3) is 0 Å². The molecule has 1 atom stereocenters. The van der Waals surface area contributed by atoms with Gasteiger partial charge in [-0.3, -0.25) is 0 Å². The quantitative estimate of drug-likeness (QED) is 0.857. The number of rotatable bonds is 5. The van der Waals surface area contributed by atoms with Gasteiger partial charge in [0, 0.05) is 5.69 Å².